The smallest absolute Gasteiger partial charge is 0.0740 e. The summed E-state index contributed by atoms with van der Waals surface area (Å²) in [4.78, 5) is 6.11. The molecule has 2 nitrogen and oxygen atoms in total. The maximum Gasteiger partial charge on any atom is 0.0740 e. The van der Waals surface area contributed by atoms with Crippen LogP contribution in [0.25, 0.3) is 42.8 Å². The standard InChI is InChI=1S/C57H38N2S/c1-5-18-41(19-6-1)58(42-20-7-2-8-21-42)45-35-32-39(33-36-45)40-34-37-50-48(38-40)46-26-13-15-28-49(46)57(50)51-29-17-30-52(54(51)56-55(57)47-27-14-16-31-53(47)60-56)59(43-22-9-3-10-23-43)44-24-11-4-12-25-44/h1-38H. The molecule has 2 aliphatic rings. The van der Waals surface area contributed by atoms with Crippen LogP contribution in [-0.2, 0) is 5.41 Å². The molecule has 1 heterocycles. The Kier molecular flexibility index (Phi) is 7.97. The molecule has 1 spiro atoms. The van der Waals surface area contributed by atoms with Gasteiger partial charge in [-0.3, -0.25) is 0 Å². The van der Waals surface area contributed by atoms with Gasteiger partial charge in [-0.15, -0.1) is 11.3 Å². The maximum atomic E-state index is 2.44. The monoisotopic (exact) mass is 782 g/mol. The van der Waals surface area contributed by atoms with E-state index in [-0.39, 0.29) is 0 Å². The Labute approximate surface area is 354 Å². The first-order valence-electron chi connectivity index (χ1n) is 20.6. The van der Waals surface area contributed by atoms with Crippen molar-refractivity contribution in [2.75, 3.05) is 9.80 Å². The maximum absolute atomic E-state index is 2.44. The van der Waals surface area contributed by atoms with E-state index in [2.05, 4.69) is 240 Å². The molecule has 60 heavy (non-hydrogen) atoms. The fourth-order valence-electron chi connectivity index (χ4n) is 10.0. The van der Waals surface area contributed by atoms with Gasteiger partial charge in [-0.1, -0.05) is 152 Å². The van der Waals surface area contributed by atoms with Crippen LogP contribution in [-0.4, -0.2) is 0 Å². The SMILES string of the molecule is c1ccc(N(c2ccccc2)c2ccc(-c3ccc4c(c3)-c3ccccc3C43c4cccc(N(c5ccccc5)c5ccccc5)c4-c4sc5ccccc5c43)cc2)cc1. The van der Waals surface area contributed by atoms with Crippen LogP contribution < -0.4 is 9.80 Å². The van der Waals surface area contributed by atoms with E-state index in [9.17, 15) is 0 Å². The number of benzene rings is 9. The van der Waals surface area contributed by atoms with E-state index in [0.29, 0.717) is 0 Å². The van der Waals surface area contributed by atoms with E-state index >= 15 is 0 Å². The van der Waals surface area contributed by atoms with Crippen LogP contribution >= 0.6 is 11.3 Å². The Balaban J connectivity index is 1.06. The number of nitrogens with zero attached hydrogens (tertiary/aromatic N) is 2. The van der Waals surface area contributed by atoms with Gasteiger partial charge < -0.3 is 9.80 Å². The zero-order valence-electron chi connectivity index (χ0n) is 32.7. The lowest BCUT2D eigenvalue weighted by molar-refractivity contribution is 0.802. The second-order valence-electron chi connectivity index (χ2n) is 15.6. The van der Waals surface area contributed by atoms with Gasteiger partial charge in [-0.25, -0.2) is 0 Å². The molecule has 1 atom stereocenters. The highest BCUT2D eigenvalue weighted by molar-refractivity contribution is 7.22. The Morgan fingerprint density at radius 3 is 1.50 bits per heavy atom. The van der Waals surface area contributed by atoms with Gasteiger partial charge in [-0.05, 0) is 129 Å². The summed E-state index contributed by atoms with van der Waals surface area (Å²) in [5.41, 5.74) is 18.1. The van der Waals surface area contributed by atoms with Crippen LogP contribution in [0.1, 0.15) is 22.3 Å². The molecule has 12 rings (SSSR count). The molecule has 0 radical (unpaired) electrons. The van der Waals surface area contributed by atoms with E-state index in [1.54, 1.807) is 0 Å². The van der Waals surface area contributed by atoms with Crippen molar-refractivity contribution in [3.05, 3.63) is 253 Å². The molecular weight excluding hydrogens is 745 g/mol. The third-order valence-corrected chi connectivity index (χ3v) is 13.6. The number of hydrogen-bond donors (Lipinski definition) is 0. The van der Waals surface area contributed by atoms with Crippen molar-refractivity contribution in [2.24, 2.45) is 0 Å². The van der Waals surface area contributed by atoms with Crippen LogP contribution in [0.2, 0.25) is 0 Å². The van der Waals surface area contributed by atoms with Crippen LogP contribution in [0.3, 0.4) is 0 Å². The lowest BCUT2D eigenvalue weighted by Crippen LogP contribution is -2.26. The van der Waals surface area contributed by atoms with Gasteiger partial charge in [0.2, 0.25) is 0 Å². The molecule has 2 aliphatic carbocycles. The first-order valence-corrected chi connectivity index (χ1v) is 21.4. The van der Waals surface area contributed by atoms with Crippen molar-refractivity contribution in [3.63, 3.8) is 0 Å². The second-order valence-corrected chi connectivity index (χ2v) is 16.7. The molecule has 9 aromatic carbocycles. The fraction of sp³-hybridized carbons (Fsp3) is 0.0175. The molecule has 0 fully saturated rings. The number of fused-ring (bicyclic) bond motifs is 12. The number of thiophene rings is 1. The van der Waals surface area contributed by atoms with Gasteiger partial charge in [0.05, 0.1) is 11.1 Å². The van der Waals surface area contributed by atoms with Crippen molar-refractivity contribution in [3.8, 4) is 32.7 Å². The van der Waals surface area contributed by atoms with Crippen molar-refractivity contribution in [2.45, 2.75) is 5.41 Å². The predicted octanol–water partition coefficient (Wildman–Crippen LogP) is 15.9. The molecule has 0 N–H and O–H groups in total. The van der Waals surface area contributed by atoms with E-state index in [0.717, 1.165) is 28.4 Å². The number of anilines is 6. The summed E-state index contributed by atoms with van der Waals surface area (Å²) in [7, 11) is 0. The zero-order valence-corrected chi connectivity index (χ0v) is 33.6. The van der Waals surface area contributed by atoms with Gasteiger partial charge in [0, 0.05) is 43.6 Å². The Hall–Kier alpha value is -7.46. The summed E-state index contributed by atoms with van der Waals surface area (Å²) in [6, 6.07) is 84.3. The lowest BCUT2D eigenvalue weighted by atomic mass is 9.70. The van der Waals surface area contributed by atoms with E-state index in [1.807, 2.05) is 11.3 Å². The third-order valence-electron chi connectivity index (χ3n) is 12.4. The van der Waals surface area contributed by atoms with Crippen molar-refractivity contribution < 1.29 is 0 Å². The molecule has 3 heteroatoms. The third kappa shape index (κ3) is 5.13. The highest BCUT2D eigenvalue weighted by atomic mass is 32.1. The summed E-state index contributed by atoms with van der Waals surface area (Å²) >= 11 is 1.93. The summed E-state index contributed by atoms with van der Waals surface area (Å²) < 4.78 is 1.32. The van der Waals surface area contributed by atoms with Crippen LogP contribution in [0.15, 0.2) is 231 Å². The number of para-hydroxylation sites is 4. The molecule has 10 aromatic rings. The molecule has 0 amide bonds. The van der Waals surface area contributed by atoms with E-state index in [1.165, 1.54) is 70.7 Å². The largest absolute Gasteiger partial charge is 0.311 e. The minimum absolute atomic E-state index is 0.487. The Bertz CT molecular complexity index is 3110. The first-order chi connectivity index (χ1) is 29.8. The number of hydrogen-bond acceptors (Lipinski definition) is 3. The lowest BCUT2D eigenvalue weighted by Gasteiger charge is -2.32. The van der Waals surface area contributed by atoms with E-state index < -0.39 is 5.41 Å². The van der Waals surface area contributed by atoms with Crippen LogP contribution in [0.5, 0.6) is 0 Å². The number of rotatable bonds is 7. The highest BCUT2D eigenvalue weighted by Gasteiger charge is 2.54. The molecular formula is C57H38N2S. The van der Waals surface area contributed by atoms with Gasteiger partial charge in [-0.2, -0.15) is 0 Å². The molecule has 1 aromatic heterocycles. The van der Waals surface area contributed by atoms with Crippen LogP contribution in [0.4, 0.5) is 34.1 Å². The predicted molar refractivity (Wildman–Crippen MR) is 253 cm³/mol. The highest BCUT2D eigenvalue weighted by Crippen LogP contribution is 2.68. The molecule has 0 bridgehead atoms. The first kappa shape index (κ1) is 34.6. The Morgan fingerprint density at radius 2 is 0.850 bits per heavy atom. The average molecular weight is 783 g/mol. The molecule has 0 saturated carbocycles. The normalized spacial score (nSPS) is 14.4. The molecule has 1 unspecified atom stereocenters. The van der Waals surface area contributed by atoms with Crippen molar-refractivity contribution >= 4 is 55.5 Å². The van der Waals surface area contributed by atoms with Crippen molar-refractivity contribution in [1.29, 1.82) is 0 Å². The fourth-order valence-corrected chi connectivity index (χ4v) is 11.3. The second kappa shape index (κ2) is 13.8. The van der Waals surface area contributed by atoms with Gasteiger partial charge in [0.1, 0.15) is 0 Å². The van der Waals surface area contributed by atoms with E-state index in [4.69, 9.17) is 0 Å². The van der Waals surface area contributed by atoms with Gasteiger partial charge in [0.15, 0.2) is 0 Å². The Morgan fingerprint density at radius 1 is 0.350 bits per heavy atom. The minimum Gasteiger partial charge on any atom is -0.311 e. The zero-order chi connectivity index (χ0) is 39.6. The topological polar surface area (TPSA) is 6.48 Å². The average Bonchev–Trinajstić information content (AvgIpc) is 3.94. The van der Waals surface area contributed by atoms with Crippen LogP contribution in [0, 0.1) is 0 Å². The molecule has 0 saturated heterocycles. The molecule has 0 aliphatic heterocycles. The van der Waals surface area contributed by atoms with Gasteiger partial charge >= 0.3 is 0 Å². The van der Waals surface area contributed by atoms with Crippen molar-refractivity contribution in [1.82, 2.24) is 0 Å². The van der Waals surface area contributed by atoms with Gasteiger partial charge in [0.25, 0.3) is 0 Å². The summed E-state index contributed by atoms with van der Waals surface area (Å²) in [5.74, 6) is 0. The molecule has 282 valence electrons. The summed E-state index contributed by atoms with van der Waals surface area (Å²) in [6.45, 7) is 0. The summed E-state index contributed by atoms with van der Waals surface area (Å²) in [5, 5.41) is 1.33. The quantitative estimate of drug-likeness (QED) is 0.159. The minimum atomic E-state index is -0.487. The summed E-state index contributed by atoms with van der Waals surface area (Å²) in [6.07, 6.45) is 0.